The number of rotatable bonds is 4. The van der Waals surface area contributed by atoms with E-state index >= 15 is 0 Å². The van der Waals surface area contributed by atoms with E-state index in [-0.39, 0.29) is 17.4 Å². The highest BCUT2D eigenvalue weighted by Crippen LogP contribution is 2.49. The lowest BCUT2D eigenvalue weighted by molar-refractivity contribution is -0.127. The molecule has 1 amide bonds. The second-order valence-electron chi connectivity index (χ2n) is 9.42. The number of carbonyl (C=O) groups excluding carboxylic acids is 1. The number of hydrogen-bond acceptors (Lipinski definition) is 4. The average molecular weight is 476 g/mol. The Morgan fingerprint density at radius 1 is 1.03 bits per heavy atom. The van der Waals surface area contributed by atoms with Crippen molar-refractivity contribution in [2.75, 3.05) is 18.1 Å². The number of sulfone groups is 1. The first-order valence-electron chi connectivity index (χ1n) is 11.2. The number of nitrogens with zero attached hydrogens (tertiary/aromatic N) is 1. The number of carbonyl (C=O) groups is 1. The van der Waals surface area contributed by atoms with E-state index in [1.54, 1.807) is 29.2 Å². The zero-order valence-corrected chi connectivity index (χ0v) is 20.4. The van der Waals surface area contributed by atoms with Crippen molar-refractivity contribution in [3.8, 4) is 5.75 Å². The van der Waals surface area contributed by atoms with Crippen molar-refractivity contribution >= 4 is 33.0 Å². The molecule has 0 unspecified atom stereocenters. The molecule has 0 radical (unpaired) electrons. The second-order valence-corrected chi connectivity index (χ2v) is 12.1. The molecule has 2 aromatic rings. The van der Waals surface area contributed by atoms with E-state index in [0.29, 0.717) is 35.8 Å². The standard InChI is InChI=1S/C25H30ClNO4S/c1-4-27-21-13-8-18(16-22(21)31-17-24(2,3)23(27)28)25(14-6-5-7-15-25)32(29,30)20-11-9-19(26)10-12-20/h8-13,16H,4-7,14-15,17H2,1-3H3. The quantitative estimate of drug-likeness (QED) is 0.565. The number of halogens is 1. The lowest BCUT2D eigenvalue weighted by atomic mass is 9.83. The van der Waals surface area contributed by atoms with Crippen LogP contribution in [0.1, 0.15) is 58.4 Å². The lowest BCUT2D eigenvalue weighted by Gasteiger charge is -2.37. The Kier molecular flexibility index (Phi) is 6.05. The zero-order valence-electron chi connectivity index (χ0n) is 18.9. The molecule has 0 N–H and O–H groups in total. The van der Waals surface area contributed by atoms with Crippen LogP contribution in [0.25, 0.3) is 0 Å². The summed E-state index contributed by atoms with van der Waals surface area (Å²) in [7, 11) is -3.68. The maximum atomic E-state index is 14.0. The molecule has 1 fully saturated rings. The highest BCUT2D eigenvalue weighted by molar-refractivity contribution is 7.92. The first-order chi connectivity index (χ1) is 15.1. The van der Waals surface area contributed by atoms with E-state index in [2.05, 4.69) is 0 Å². The van der Waals surface area contributed by atoms with Crippen LogP contribution >= 0.6 is 11.6 Å². The zero-order chi connectivity index (χ0) is 23.1. The summed E-state index contributed by atoms with van der Waals surface area (Å²) in [4.78, 5) is 15.0. The normalized spacial score (nSPS) is 20.2. The van der Waals surface area contributed by atoms with Gasteiger partial charge in [0.1, 0.15) is 17.1 Å². The molecular formula is C25H30ClNO4S. The highest BCUT2D eigenvalue weighted by Gasteiger charge is 2.47. The molecule has 0 bridgehead atoms. The van der Waals surface area contributed by atoms with Crippen LogP contribution in [0.2, 0.25) is 5.02 Å². The molecule has 0 atom stereocenters. The summed E-state index contributed by atoms with van der Waals surface area (Å²) in [6, 6.07) is 12.0. The van der Waals surface area contributed by atoms with Crippen LogP contribution in [0.15, 0.2) is 47.4 Å². The first-order valence-corrected chi connectivity index (χ1v) is 13.1. The Bertz CT molecular complexity index is 1120. The van der Waals surface area contributed by atoms with Gasteiger partial charge in [-0.2, -0.15) is 0 Å². The van der Waals surface area contributed by atoms with Gasteiger partial charge in [-0.25, -0.2) is 8.42 Å². The van der Waals surface area contributed by atoms with Crippen LogP contribution in [-0.2, 0) is 19.4 Å². The van der Waals surface area contributed by atoms with Crippen LogP contribution in [0.5, 0.6) is 5.75 Å². The van der Waals surface area contributed by atoms with Crippen molar-refractivity contribution in [3.63, 3.8) is 0 Å². The molecule has 1 aliphatic carbocycles. The molecule has 2 aliphatic rings. The van der Waals surface area contributed by atoms with Crippen molar-refractivity contribution in [2.24, 2.45) is 5.41 Å². The van der Waals surface area contributed by atoms with Gasteiger partial charge in [0, 0.05) is 11.6 Å². The van der Waals surface area contributed by atoms with Crippen molar-refractivity contribution < 1.29 is 17.9 Å². The number of ether oxygens (including phenoxy) is 1. The van der Waals surface area contributed by atoms with Gasteiger partial charge in [-0.3, -0.25) is 4.79 Å². The minimum Gasteiger partial charge on any atom is -0.490 e. The number of anilines is 1. The van der Waals surface area contributed by atoms with Gasteiger partial charge in [-0.1, -0.05) is 36.9 Å². The van der Waals surface area contributed by atoms with E-state index in [1.807, 2.05) is 39.0 Å². The van der Waals surface area contributed by atoms with Crippen LogP contribution in [0.3, 0.4) is 0 Å². The molecule has 1 saturated carbocycles. The molecular weight excluding hydrogens is 446 g/mol. The van der Waals surface area contributed by atoms with Gasteiger partial charge >= 0.3 is 0 Å². The Labute approximate surface area is 195 Å². The fourth-order valence-corrected chi connectivity index (χ4v) is 7.25. The molecule has 172 valence electrons. The van der Waals surface area contributed by atoms with Gasteiger partial charge in [0.25, 0.3) is 0 Å². The first kappa shape index (κ1) is 23.1. The van der Waals surface area contributed by atoms with E-state index < -0.39 is 20.0 Å². The summed E-state index contributed by atoms with van der Waals surface area (Å²) >= 11 is 6.01. The van der Waals surface area contributed by atoms with Gasteiger partial charge in [-0.05, 0) is 75.6 Å². The van der Waals surface area contributed by atoms with Gasteiger partial charge in [0.05, 0.1) is 16.0 Å². The highest BCUT2D eigenvalue weighted by atomic mass is 35.5. The minimum absolute atomic E-state index is 0.00710. The molecule has 0 spiro atoms. The number of benzene rings is 2. The predicted octanol–water partition coefficient (Wildman–Crippen LogP) is 5.74. The summed E-state index contributed by atoms with van der Waals surface area (Å²) in [5.41, 5.74) is 0.767. The largest absolute Gasteiger partial charge is 0.490 e. The van der Waals surface area contributed by atoms with E-state index in [9.17, 15) is 13.2 Å². The molecule has 1 heterocycles. The summed E-state index contributed by atoms with van der Waals surface area (Å²) in [5, 5.41) is 0.506. The molecule has 1 aliphatic heterocycles. The van der Waals surface area contributed by atoms with Crippen molar-refractivity contribution in [3.05, 3.63) is 53.1 Å². The average Bonchev–Trinajstić information content (AvgIpc) is 2.88. The third-order valence-electron chi connectivity index (χ3n) is 6.81. The van der Waals surface area contributed by atoms with Crippen molar-refractivity contribution in [1.82, 2.24) is 0 Å². The maximum Gasteiger partial charge on any atom is 0.236 e. The Morgan fingerprint density at radius 2 is 1.69 bits per heavy atom. The van der Waals surface area contributed by atoms with Gasteiger partial charge in [-0.15, -0.1) is 0 Å². The summed E-state index contributed by atoms with van der Waals surface area (Å²) in [6.07, 6.45) is 3.82. The molecule has 0 saturated heterocycles. The van der Waals surface area contributed by atoms with E-state index in [0.717, 1.165) is 24.8 Å². The second kappa shape index (κ2) is 8.38. The number of fused-ring (bicyclic) bond motifs is 1. The molecule has 2 aromatic carbocycles. The Balaban J connectivity index is 1.85. The van der Waals surface area contributed by atoms with Gasteiger partial charge in [0.2, 0.25) is 5.91 Å². The van der Waals surface area contributed by atoms with Crippen LogP contribution < -0.4 is 9.64 Å². The third-order valence-corrected chi connectivity index (χ3v) is 9.62. The van der Waals surface area contributed by atoms with E-state index in [1.165, 1.54) is 0 Å². The molecule has 4 rings (SSSR count). The molecule has 32 heavy (non-hydrogen) atoms. The number of amides is 1. The Hall–Kier alpha value is -2.05. The van der Waals surface area contributed by atoms with Crippen molar-refractivity contribution in [2.45, 2.75) is 62.5 Å². The molecule has 7 heteroatoms. The maximum absolute atomic E-state index is 14.0. The van der Waals surface area contributed by atoms with Crippen molar-refractivity contribution in [1.29, 1.82) is 0 Å². The Morgan fingerprint density at radius 3 is 2.31 bits per heavy atom. The fourth-order valence-electron chi connectivity index (χ4n) is 4.92. The third kappa shape index (κ3) is 3.71. The summed E-state index contributed by atoms with van der Waals surface area (Å²) < 4.78 is 33.0. The van der Waals surface area contributed by atoms with Crippen LogP contribution in [-0.4, -0.2) is 27.5 Å². The summed E-state index contributed by atoms with van der Waals surface area (Å²) in [5.74, 6) is 0.576. The lowest BCUT2D eigenvalue weighted by Crippen LogP contribution is -2.42. The summed E-state index contributed by atoms with van der Waals surface area (Å²) in [6.45, 7) is 6.45. The van der Waals surface area contributed by atoms with E-state index in [4.69, 9.17) is 16.3 Å². The molecule has 5 nitrogen and oxygen atoms in total. The van der Waals surface area contributed by atoms with Gasteiger partial charge < -0.3 is 9.64 Å². The van der Waals surface area contributed by atoms with Crippen LogP contribution in [0.4, 0.5) is 5.69 Å². The predicted molar refractivity (Wildman–Crippen MR) is 127 cm³/mol. The fraction of sp³-hybridized carbons (Fsp3) is 0.480. The monoisotopic (exact) mass is 475 g/mol. The topological polar surface area (TPSA) is 63.7 Å². The minimum atomic E-state index is -3.68. The smallest absolute Gasteiger partial charge is 0.236 e. The van der Waals surface area contributed by atoms with Crippen LogP contribution in [0, 0.1) is 5.41 Å². The number of hydrogen-bond donors (Lipinski definition) is 0. The van der Waals surface area contributed by atoms with Gasteiger partial charge in [0.15, 0.2) is 9.84 Å². The molecule has 0 aromatic heterocycles. The SMILES string of the molecule is CCN1C(=O)C(C)(C)COc2cc(C3(S(=O)(=O)c4ccc(Cl)cc4)CCCCC3)ccc21.